The van der Waals surface area contributed by atoms with Crippen LogP contribution >= 0.6 is 0 Å². The largest absolute Gasteiger partial charge is 0.417 e. The first kappa shape index (κ1) is 23.2. The molecule has 3 aromatic rings. The molecule has 0 bridgehead atoms. The van der Waals surface area contributed by atoms with Gasteiger partial charge in [-0.3, -0.25) is 4.79 Å². The summed E-state index contributed by atoms with van der Waals surface area (Å²) in [6.07, 6.45) is -9.40. The van der Waals surface area contributed by atoms with Gasteiger partial charge in [0.15, 0.2) is 0 Å². The van der Waals surface area contributed by atoms with Crippen LogP contribution in [0.1, 0.15) is 54.9 Å². The summed E-state index contributed by atoms with van der Waals surface area (Å²) in [6, 6.07) is 9.52. The molecule has 0 amide bonds. The number of nitrogens with one attached hydrogen (secondary N) is 1. The number of aromatic amines is 1. The SMILES string of the molecule is CC(C)c1ccc(C2c3c(ccc4[nH]c(=O)cc(C(F)(F)F)c34)N(CC(F)(F)F)C2C)cc1. The van der Waals surface area contributed by atoms with Gasteiger partial charge in [-0.1, -0.05) is 38.1 Å². The number of H-pyrrole nitrogens is 1. The molecule has 0 saturated heterocycles. The van der Waals surface area contributed by atoms with E-state index in [9.17, 15) is 31.1 Å². The van der Waals surface area contributed by atoms with Gasteiger partial charge in [0, 0.05) is 34.6 Å². The number of nitrogens with zero attached hydrogens (tertiary/aromatic N) is 1. The zero-order valence-electron chi connectivity index (χ0n) is 18.1. The highest BCUT2D eigenvalue weighted by Gasteiger charge is 2.45. The Kier molecular flexibility index (Phi) is 5.49. The van der Waals surface area contributed by atoms with Crippen molar-refractivity contribution in [2.45, 2.75) is 51.0 Å². The highest BCUT2D eigenvalue weighted by atomic mass is 19.4. The first-order valence-corrected chi connectivity index (χ1v) is 10.5. The minimum absolute atomic E-state index is 0.0570. The van der Waals surface area contributed by atoms with Gasteiger partial charge in [-0.05, 0) is 41.7 Å². The second kappa shape index (κ2) is 7.81. The number of hydrogen-bond donors (Lipinski definition) is 1. The number of hydrogen-bond acceptors (Lipinski definition) is 2. The molecule has 9 heteroatoms. The van der Waals surface area contributed by atoms with Crippen LogP contribution in [0.3, 0.4) is 0 Å². The monoisotopic (exact) mass is 468 g/mol. The van der Waals surface area contributed by atoms with Crippen LogP contribution in [0.4, 0.5) is 32.0 Å². The quantitative estimate of drug-likeness (QED) is 0.441. The molecular weight excluding hydrogens is 446 g/mol. The lowest BCUT2D eigenvalue weighted by molar-refractivity contribution is -0.136. The Balaban J connectivity index is 2.03. The van der Waals surface area contributed by atoms with Crippen molar-refractivity contribution in [2.75, 3.05) is 11.4 Å². The van der Waals surface area contributed by atoms with E-state index in [1.165, 1.54) is 12.1 Å². The molecule has 0 saturated carbocycles. The number of fused-ring (bicyclic) bond motifs is 3. The van der Waals surface area contributed by atoms with E-state index in [4.69, 9.17) is 0 Å². The summed E-state index contributed by atoms with van der Waals surface area (Å²) in [5.74, 6) is -0.531. The van der Waals surface area contributed by atoms with Gasteiger partial charge >= 0.3 is 12.4 Å². The van der Waals surface area contributed by atoms with Gasteiger partial charge in [-0.2, -0.15) is 26.3 Å². The zero-order valence-corrected chi connectivity index (χ0v) is 18.1. The molecule has 0 radical (unpaired) electrons. The van der Waals surface area contributed by atoms with Crippen LogP contribution in [-0.4, -0.2) is 23.7 Å². The summed E-state index contributed by atoms with van der Waals surface area (Å²) >= 11 is 0. The van der Waals surface area contributed by atoms with Crippen molar-refractivity contribution >= 4 is 16.6 Å². The van der Waals surface area contributed by atoms with E-state index in [1.54, 1.807) is 19.1 Å². The Morgan fingerprint density at radius 3 is 2.18 bits per heavy atom. The summed E-state index contributed by atoms with van der Waals surface area (Å²) in [5.41, 5.74) is -0.278. The van der Waals surface area contributed by atoms with Crippen LogP contribution in [0.25, 0.3) is 10.9 Å². The highest BCUT2D eigenvalue weighted by Crippen LogP contribution is 2.50. The van der Waals surface area contributed by atoms with Gasteiger partial charge in [-0.25, -0.2) is 0 Å². The van der Waals surface area contributed by atoms with Crippen LogP contribution in [0.2, 0.25) is 0 Å². The van der Waals surface area contributed by atoms with E-state index in [0.29, 0.717) is 11.6 Å². The first-order valence-electron chi connectivity index (χ1n) is 10.5. The Morgan fingerprint density at radius 1 is 1.00 bits per heavy atom. The summed E-state index contributed by atoms with van der Waals surface area (Å²) in [7, 11) is 0. The second-order valence-corrected chi connectivity index (χ2v) is 8.75. The average molecular weight is 468 g/mol. The second-order valence-electron chi connectivity index (χ2n) is 8.75. The maximum atomic E-state index is 14.0. The third-order valence-corrected chi connectivity index (χ3v) is 6.24. The molecule has 1 N–H and O–H groups in total. The number of halogens is 6. The third-order valence-electron chi connectivity index (χ3n) is 6.24. The van der Waals surface area contributed by atoms with Gasteiger partial charge in [0.2, 0.25) is 5.56 Å². The standard InChI is InChI=1S/C24H22F6N2O/c1-12(2)14-4-6-15(7-5-14)20-13(3)32(11-23(25,26)27)18-9-8-17-21(22(18)20)16(24(28,29)30)10-19(33)31-17/h4-10,12-13,20H,11H2,1-3H3,(H,31,33). The van der Waals surface area contributed by atoms with Crippen molar-refractivity contribution in [1.82, 2.24) is 4.98 Å². The molecule has 4 rings (SSSR count). The van der Waals surface area contributed by atoms with Gasteiger partial charge in [-0.15, -0.1) is 0 Å². The summed E-state index contributed by atoms with van der Waals surface area (Å²) < 4.78 is 82.1. The molecule has 176 valence electrons. The van der Waals surface area contributed by atoms with Gasteiger partial charge in [0.05, 0.1) is 5.56 Å². The van der Waals surface area contributed by atoms with Crippen molar-refractivity contribution < 1.29 is 26.3 Å². The molecule has 0 spiro atoms. The van der Waals surface area contributed by atoms with Crippen molar-refractivity contribution in [3.63, 3.8) is 0 Å². The molecule has 1 aliphatic heterocycles. The number of anilines is 1. The molecule has 3 nitrogen and oxygen atoms in total. The van der Waals surface area contributed by atoms with E-state index in [0.717, 1.165) is 10.5 Å². The van der Waals surface area contributed by atoms with Gasteiger partial charge in [0.25, 0.3) is 0 Å². The number of pyridine rings is 1. The predicted molar refractivity (Wildman–Crippen MR) is 115 cm³/mol. The Labute approximate surface area is 186 Å². The van der Waals surface area contributed by atoms with Gasteiger partial charge < -0.3 is 9.88 Å². The molecule has 1 aliphatic rings. The molecule has 2 aromatic carbocycles. The molecule has 2 unspecified atom stereocenters. The smallest absolute Gasteiger partial charge is 0.359 e. The van der Waals surface area contributed by atoms with Crippen molar-refractivity contribution in [2.24, 2.45) is 0 Å². The summed E-state index contributed by atoms with van der Waals surface area (Å²) in [5, 5.41) is -0.269. The van der Waals surface area contributed by atoms with E-state index < -0.39 is 42.0 Å². The van der Waals surface area contributed by atoms with Crippen molar-refractivity contribution in [1.29, 1.82) is 0 Å². The fourth-order valence-electron chi connectivity index (χ4n) is 4.76. The summed E-state index contributed by atoms with van der Waals surface area (Å²) in [4.78, 5) is 15.4. The fraction of sp³-hybridized carbons (Fsp3) is 0.375. The van der Waals surface area contributed by atoms with Crippen LogP contribution in [-0.2, 0) is 6.18 Å². The molecule has 0 aliphatic carbocycles. The molecule has 0 fully saturated rings. The number of alkyl halides is 6. The fourth-order valence-corrected chi connectivity index (χ4v) is 4.76. The van der Waals surface area contributed by atoms with E-state index in [-0.39, 0.29) is 28.1 Å². The third kappa shape index (κ3) is 4.20. The van der Waals surface area contributed by atoms with Gasteiger partial charge in [0.1, 0.15) is 6.54 Å². The van der Waals surface area contributed by atoms with Crippen LogP contribution in [0.15, 0.2) is 47.3 Å². The highest BCUT2D eigenvalue weighted by molar-refractivity contribution is 5.93. The minimum Gasteiger partial charge on any atom is -0.359 e. The number of rotatable bonds is 3. The topological polar surface area (TPSA) is 36.1 Å². The predicted octanol–water partition coefficient (Wildman–Crippen LogP) is 6.57. The molecule has 33 heavy (non-hydrogen) atoms. The lowest BCUT2D eigenvalue weighted by Gasteiger charge is -2.28. The Bertz CT molecular complexity index is 1240. The number of aromatic nitrogens is 1. The zero-order chi connectivity index (χ0) is 24.3. The van der Waals surface area contributed by atoms with E-state index in [1.807, 2.05) is 26.0 Å². The minimum atomic E-state index is -4.85. The summed E-state index contributed by atoms with van der Waals surface area (Å²) in [6.45, 7) is 4.27. The molecule has 2 heterocycles. The van der Waals surface area contributed by atoms with Crippen LogP contribution in [0.5, 0.6) is 0 Å². The maximum absolute atomic E-state index is 14.0. The first-order chi connectivity index (χ1) is 15.3. The van der Waals surface area contributed by atoms with Crippen molar-refractivity contribution in [3.05, 3.63) is 75.1 Å². The molecule has 1 aromatic heterocycles. The Hall–Kier alpha value is -2.97. The van der Waals surface area contributed by atoms with E-state index in [2.05, 4.69) is 4.98 Å². The van der Waals surface area contributed by atoms with Crippen LogP contribution in [0, 0.1) is 0 Å². The lowest BCUT2D eigenvalue weighted by Crippen LogP contribution is -2.39. The molecular formula is C24H22F6N2O. The van der Waals surface area contributed by atoms with Crippen LogP contribution < -0.4 is 10.5 Å². The molecule has 2 atom stereocenters. The van der Waals surface area contributed by atoms with E-state index >= 15 is 0 Å². The maximum Gasteiger partial charge on any atom is 0.417 e. The number of benzene rings is 2. The average Bonchev–Trinajstić information content (AvgIpc) is 2.97. The normalized spacial score (nSPS) is 18.9. The lowest BCUT2D eigenvalue weighted by atomic mass is 9.84. The Morgan fingerprint density at radius 2 is 1.64 bits per heavy atom. The van der Waals surface area contributed by atoms with Crippen molar-refractivity contribution in [3.8, 4) is 0 Å².